The molecule has 2 nitrogen and oxygen atoms in total. The van der Waals surface area contributed by atoms with Gasteiger partial charge in [0.1, 0.15) is 5.82 Å². The van der Waals surface area contributed by atoms with E-state index >= 15 is 0 Å². The number of benzene rings is 1. The summed E-state index contributed by atoms with van der Waals surface area (Å²) in [5.74, 6) is -0.491. The van der Waals surface area contributed by atoms with Crippen LogP contribution in [0.3, 0.4) is 0 Å². The molecule has 0 radical (unpaired) electrons. The molecule has 0 N–H and O–H groups in total. The smallest absolute Gasteiger partial charge is 0.246 e. The van der Waals surface area contributed by atoms with E-state index in [1.54, 1.807) is 12.1 Å². The number of nitrogens with zero attached hydrogens (tertiary/aromatic N) is 1. The minimum Gasteiger partial charge on any atom is -0.336 e. The summed E-state index contributed by atoms with van der Waals surface area (Å²) in [5, 5.41) is 0.316. The first-order valence-electron chi connectivity index (χ1n) is 6.52. The Hall–Kier alpha value is -1.35. The normalized spacial score (nSPS) is 19.9. The number of likely N-dealkylation sites (tertiary alicyclic amines) is 1. The summed E-state index contributed by atoms with van der Waals surface area (Å²) in [6, 6.07) is 4.74. The van der Waals surface area contributed by atoms with E-state index in [0.717, 1.165) is 25.8 Å². The Morgan fingerprint density at radius 1 is 1.47 bits per heavy atom. The maximum Gasteiger partial charge on any atom is 0.246 e. The molecule has 1 aliphatic rings. The monoisotopic (exact) mass is 281 g/mol. The predicted octanol–water partition coefficient (Wildman–Crippen LogP) is 3.89. The molecule has 1 amide bonds. The van der Waals surface area contributed by atoms with E-state index < -0.39 is 5.82 Å². The number of carbonyl (C=O) groups excluding carboxylic acids is 1. The molecule has 0 aliphatic carbocycles. The highest BCUT2D eigenvalue weighted by Crippen LogP contribution is 2.21. The van der Waals surface area contributed by atoms with Gasteiger partial charge in [0.2, 0.25) is 5.91 Å². The molecular weight excluding hydrogens is 265 g/mol. The fourth-order valence-electron chi connectivity index (χ4n) is 2.35. The van der Waals surface area contributed by atoms with Crippen molar-refractivity contribution in [2.45, 2.75) is 32.2 Å². The Morgan fingerprint density at radius 2 is 2.26 bits per heavy atom. The Labute approximate surface area is 117 Å². The number of amides is 1. The molecule has 1 aromatic carbocycles. The first kappa shape index (κ1) is 14.1. The molecule has 1 aliphatic heterocycles. The molecule has 1 atom stereocenters. The minimum atomic E-state index is -0.414. The van der Waals surface area contributed by atoms with Gasteiger partial charge in [0, 0.05) is 24.2 Å². The van der Waals surface area contributed by atoms with E-state index in [0.29, 0.717) is 5.02 Å². The summed E-state index contributed by atoms with van der Waals surface area (Å²) in [5.41, 5.74) is 0.266. The lowest BCUT2D eigenvalue weighted by Crippen LogP contribution is -2.41. The van der Waals surface area contributed by atoms with Crippen LogP contribution in [0.2, 0.25) is 5.02 Å². The van der Waals surface area contributed by atoms with Crippen molar-refractivity contribution in [1.82, 2.24) is 4.90 Å². The second-order valence-corrected chi connectivity index (χ2v) is 5.25. The van der Waals surface area contributed by atoms with Crippen molar-refractivity contribution in [1.29, 1.82) is 0 Å². The first-order chi connectivity index (χ1) is 9.09. The molecule has 1 fully saturated rings. The summed E-state index contributed by atoms with van der Waals surface area (Å²) in [4.78, 5) is 13.9. The number of piperidine rings is 1. The average molecular weight is 282 g/mol. The lowest BCUT2D eigenvalue weighted by Gasteiger charge is -2.32. The summed E-state index contributed by atoms with van der Waals surface area (Å²) in [6.45, 7) is 2.82. The lowest BCUT2D eigenvalue weighted by molar-refractivity contribution is -0.129. The number of hydrogen-bond donors (Lipinski definition) is 0. The van der Waals surface area contributed by atoms with Crippen LogP contribution in [-0.2, 0) is 4.79 Å². The van der Waals surface area contributed by atoms with Crippen molar-refractivity contribution >= 4 is 23.6 Å². The zero-order valence-electron chi connectivity index (χ0n) is 10.9. The highest BCUT2D eigenvalue weighted by molar-refractivity contribution is 6.32. The zero-order valence-corrected chi connectivity index (χ0v) is 11.7. The topological polar surface area (TPSA) is 20.3 Å². The Bertz CT molecular complexity index is 481. The van der Waals surface area contributed by atoms with Gasteiger partial charge >= 0.3 is 0 Å². The quantitative estimate of drug-likeness (QED) is 0.753. The molecule has 2 rings (SSSR count). The second kappa shape index (κ2) is 6.20. The molecule has 0 bridgehead atoms. The third kappa shape index (κ3) is 3.35. The fraction of sp³-hybridized carbons (Fsp3) is 0.400. The largest absolute Gasteiger partial charge is 0.336 e. The zero-order chi connectivity index (χ0) is 13.8. The van der Waals surface area contributed by atoms with Crippen LogP contribution in [0.25, 0.3) is 6.08 Å². The molecule has 0 aromatic heterocycles. The summed E-state index contributed by atoms with van der Waals surface area (Å²) >= 11 is 5.91. The standard InChI is InChI=1S/C15H17ClFNO/c1-11-5-2-3-10-18(11)15(19)9-8-12-13(16)6-4-7-14(12)17/h4,6-9,11H,2-3,5,10H2,1H3. The van der Waals surface area contributed by atoms with Gasteiger partial charge in [0.05, 0.1) is 5.02 Å². The Kier molecular flexibility index (Phi) is 4.59. The van der Waals surface area contributed by atoms with Crippen LogP contribution in [0.5, 0.6) is 0 Å². The molecule has 19 heavy (non-hydrogen) atoms. The minimum absolute atomic E-state index is 0.0773. The van der Waals surface area contributed by atoms with Gasteiger partial charge < -0.3 is 4.90 Å². The number of carbonyl (C=O) groups is 1. The molecule has 0 saturated carbocycles. The average Bonchev–Trinajstić information content (AvgIpc) is 2.38. The van der Waals surface area contributed by atoms with Crippen molar-refractivity contribution in [3.8, 4) is 0 Å². The summed E-state index contributed by atoms with van der Waals surface area (Å²) < 4.78 is 13.6. The van der Waals surface area contributed by atoms with Crippen LogP contribution in [0.15, 0.2) is 24.3 Å². The van der Waals surface area contributed by atoms with E-state index in [4.69, 9.17) is 11.6 Å². The van der Waals surface area contributed by atoms with Crippen molar-refractivity contribution in [2.24, 2.45) is 0 Å². The third-order valence-electron chi connectivity index (χ3n) is 3.48. The molecule has 4 heteroatoms. The van der Waals surface area contributed by atoms with E-state index in [1.165, 1.54) is 18.2 Å². The van der Waals surface area contributed by atoms with E-state index in [1.807, 2.05) is 11.8 Å². The van der Waals surface area contributed by atoms with Crippen LogP contribution in [-0.4, -0.2) is 23.4 Å². The summed E-state index contributed by atoms with van der Waals surface area (Å²) in [6.07, 6.45) is 6.09. The molecular formula is C15H17ClFNO. The lowest BCUT2D eigenvalue weighted by atomic mass is 10.0. The van der Waals surface area contributed by atoms with Gasteiger partial charge in [-0.15, -0.1) is 0 Å². The van der Waals surface area contributed by atoms with Crippen molar-refractivity contribution in [3.05, 3.63) is 40.7 Å². The van der Waals surface area contributed by atoms with Crippen LogP contribution in [0.1, 0.15) is 31.7 Å². The Balaban J connectivity index is 2.11. The molecule has 1 saturated heterocycles. The molecule has 1 unspecified atom stereocenters. The van der Waals surface area contributed by atoms with Gasteiger partial charge in [-0.3, -0.25) is 4.79 Å². The van der Waals surface area contributed by atoms with Gasteiger partial charge in [0.15, 0.2) is 0 Å². The van der Waals surface area contributed by atoms with Gasteiger partial charge in [-0.05, 0) is 44.4 Å². The number of hydrogen-bond acceptors (Lipinski definition) is 1. The third-order valence-corrected chi connectivity index (χ3v) is 3.81. The van der Waals surface area contributed by atoms with Crippen LogP contribution < -0.4 is 0 Å². The maximum absolute atomic E-state index is 13.6. The van der Waals surface area contributed by atoms with Crippen LogP contribution >= 0.6 is 11.6 Å². The fourth-order valence-corrected chi connectivity index (χ4v) is 2.57. The summed E-state index contributed by atoms with van der Waals surface area (Å²) in [7, 11) is 0. The highest BCUT2D eigenvalue weighted by Gasteiger charge is 2.21. The van der Waals surface area contributed by atoms with Crippen molar-refractivity contribution in [2.75, 3.05) is 6.54 Å². The maximum atomic E-state index is 13.6. The highest BCUT2D eigenvalue weighted by atomic mass is 35.5. The molecule has 0 spiro atoms. The van der Waals surface area contributed by atoms with E-state index in [2.05, 4.69) is 0 Å². The van der Waals surface area contributed by atoms with Crippen molar-refractivity contribution in [3.63, 3.8) is 0 Å². The van der Waals surface area contributed by atoms with Gasteiger partial charge in [-0.25, -0.2) is 4.39 Å². The number of halogens is 2. The Morgan fingerprint density at radius 3 is 2.95 bits per heavy atom. The molecule has 1 heterocycles. The SMILES string of the molecule is CC1CCCCN1C(=O)C=Cc1c(F)cccc1Cl. The predicted molar refractivity (Wildman–Crippen MR) is 75.5 cm³/mol. The van der Waals surface area contributed by atoms with E-state index in [-0.39, 0.29) is 17.5 Å². The van der Waals surface area contributed by atoms with Gasteiger partial charge in [-0.1, -0.05) is 17.7 Å². The van der Waals surface area contributed by atoms with Crippen molar-refractivity contribution < 1.29 is 9.18 Å². The second-order valence-electron chi connectivity index (χ2n) is 4.85. The first-order valence-corrected chi connectivity index (χ1v) is 6.90. The van der Waals surface area contributed by atoms with E-state index in [9.17, 15) is 9.18 Å². The number of rotatable bonds is 2. The molecule has 1 aromatic rings. The van der Waals surface area contributed by atoms with Crippen LogP contribution in [0, 0.1) is 5.82 Å². The molecule has 102 valence electrons. The van der Waals surface area contributed by atoms with Crippen LogP contribution in [0.4, 0.5) is 4.39 Å². The van der Waals surface area contributed by atoms with Gasteiger partial charge in [0.25, 0.3) is 0 Å². The van der Waals surface area contributed by atoms with Gasteiger partial charge in [-0.2, -0.15) is 0 Å².